The van der Waals surface area contributed by atoms with Gasteiger partial charge in [-0.1, -0.05) is 42.5 Å². The van der Waals surface area contributed by atoms with Crippen LogP contribution in [0.5, 0.6) is 0 Å². The van der Waals surface area contributed by atoms with Gasteiger partial charge in [0.15, 0.2) is 16.1 Å². The third kappa shape index (κ3) is 6.51. The molecule has 1 aliphatic heterocycles. The van der Waals surface area contributed by atoms with Gasteiger partial charge in [0.05, 0.1) is 5.69 Å². The molecule has 1 N–H and O–H groups in total. The minimum absolute atomic E-state index is 0.110. The van der Waals surface area contributed by atoms with Crippen molar-refractivity contribution in [3.8, 4) is 0 Å². The number of nitrogens with zero attached hydrogens (tertiary/aromatic N) is 6. The minimum Gasteiger partial charge on any atom is -0.338 e. The number of piperazine rings is 1. The Morgan fingerprint density at radius 2 is 1.68 bits per heavy atom. The van der Waals surface area contributed by atoms with E-state index in [0.29, 0.717) is 23.5 Å². The fourth-order valence-electron chi connectivity index (χ4n) is 3.91. The molecule has 0 amide bonds. The van der Waals surface area contributed by atoms with Crippen LogP contribution in [0, 0.1) is 13.8 Å². The number of hydrogen-bond acceptors (Lipinski definition) is 10. The van der Waals surface area contributed by atoms with Crippen molar-refractivity contribution in [1.29, 1.82) is 0 Å². The lowest BCUT2D eigenvalue weighted by Crippen LogP contribution is -2.45. The Hall–Kier alpha value is -3.34. The summed E-state index contributed by atoms with van der Waals surface area (Å²) in [6.45, 7) is 7.71. The number of carbonyl (C=O) groups is 1. The summed E-state index contributed by atoms with van der Waals surface area (Å²) in [5.74, 6) is 1.27. The molecular formula is C27H29N7OS2. The highest BCUT2D eigenvalue weighted by Crippen LogP contribution is 2.29. The van der Waals surface area contributed by atoms with E-state index in [0.717, 1.165) is 57.9 Å². The first-order valence-electron chi connectivity index (χ1n) is 12.2. The molecule has 0 radical (unpaired) electrons. The van der Waals surface area contributed by atoms with E-state index in [9.17, 15) is 4.79 Å². The second kappa shape index (κ2) is 11.4. The summed E-state index contributed by atoms with van der Waals surface area (Å²) >= 11 is 3.07. The fourth-order valence-corrected chi connectivity index (χ4v) is 5.46. The molecule has 0 bridgehead atoms. The molecule has 3 heterocycles. The molecule has 1 saturated heterocycles. The molecule has 0 saturated carbocycles. The van der Waals surface area contributed by atoms with Crippen LogP contribution >= 0.6 is 23.1 Å². The van der Waals surface area contributed by atoms with Crippen molar-refractivity contribution >= 4 is 45.9 Å². The van der Waals surface area contributed by atoms with Crippen LogP contribution in [0.15, 0.2) is 64.6 Å². The number of aryl methyl sites for hydroxylation is 2. The average molecular weight is 532 g/mol. The third-order valence-corrected chi connectivity index (χ3v) is 8.09. The summed E-state index contributed by atoms with van der Waals surface area (Å²) < 4.78 is 0. The molecule has 5 rings (SSSR count). The fraction of sp³-hybridized carbons (Fsp3) is 0.296. The molecule has 2 aromatic carbocycles. The van der Waals surface area contributed by atoms with E-state index in [1.165, 1.54) is 11.8 Å². The van der Waals surface area contributed by atoms with Crippen molar-refractivity contribution in [1.82, 2.24) is 24.8 Å². The van der Waals surface area contributed by atoms with Gasteiger partial charge in [0.2, 0.25) is 11.9 Å². The Kier molecular flexibility index (Phi) is 7.78. The highest BCUT2D eigenvalue weighted by molar-refractivity contribution is 7.99. The van der Waals surface area contributed by atoms with Crippen LogP contribution < -0.4 is 10.2 Å². The van der Waals surface area contributed by atoms with E-state index in [-0.39, 0.29) is 5.78 Å². The van der Waals surface area contributed by atoms with Crippen molar-refractivity contribution in [2.45, 2.75) is 30.3 Å². The Balaban J connectivity index is 1.34. The molecule has 4 aromatic rings. The molecule has 0 atom stereocenters. The number of ketones is 1. The monoisotopic (exact) mass is 531 g/mol. The third-order valence-electron chi connectivity index (χ3n) is 6.23. The van der Waals surface area contributed by atoms with Gasteiger partial charge >= 0.3 is 0 Å². The van der Waals surface area contributed by atoms with Crippen molar-refractivity contribution in [2.75, 3.05) is 43.4 Å². The Morgan fingerprint density at radius 3 is 2.35 bits per heavy atom. The van der Waals surface area contributed by atoms with E-state index in [4.69, 9.17) is 9.97 Å². The number of thiazole rings is 1. The highest BCUT2D eigenvalue weighted by atomic mass is 32.2. The maximum absolute atomic E-state index is 12.6. The Labute approximate surface area is 225 Å². The Morgan fingerprint density at radius 1 is 0.946 bits per heavy atom. The maximum Gasteiger partial charge on any atom is 0.234 e. The number of aromatic nitrogens is 4. The molecular weight excluding hydrogens is 502 g/mol. The lowest BCUT2D eigenvalue weighted by Gasteiger charge is -2.32. The van der Waals surface area contributed by atoms with Crippen molar-refractivity contribution in [3.63, 3.8) is 0 Å². The van der Waals surface area contributed by atoms with Gasteiger partial charge in [-0.05, 0) is 50.4 Å². The predicted octanol–water partition coefficient (Wildman–Crippen LogP) is 5.02. The van der Waals surface area contributed by atoms with Crippen molar-refractivity contribution in [2.24, 2.45) is 0 Å². The molecule has 0 spiro atoms. The largest absolute Gasteiger partial charge is 0.338 e. The van der Waals surface area contributed by atoms with Gasteiger partial charge in [0, 0.05) is 47.9 Å². The molecule has 190 valence electrons. The minimum atomic E-state index is 0.110. The average Bonchev–Trinajstić information content (AvgIpc) is 3.22. The summed E-state index contributed by atoms with van der Waals surface area (Å²) in [5.41, 5.74) is 2.71. The summed E-state index contributed by atoms with van der Waals surface area (Å²) in [7, 11) is 2.13. The van der Waals surface area contributed by atoms with Crippen LogP contribution in [0.4, 0.5) is 17.0 Å². The van der Waals surface area contributed by atoms with Gasteiger partial charge in [0.1, 0.15) is 0 Å². The van der Waals surface area contributed by atoms with Crippen molar-refractivity contribution < 1.29 is 4.79 Å². The maximum atomic E-state index is 12.6. The zero-order valence-corrected chi connectivity index (χ0v) is 22.8. The summed E-state index contributed by atoms with van der Waals surface area (Å²) in [6, 6.07) is 17.4. The van der Waals surface area contributed by atoms with E-state index < -0.39 is 0 Å². The molecule has 0 aliphatic carbocycles. The van der Waals surface area contributed by atoms with Crippen LogP contribution in [-0.2, 0) is 6.42 Å². The topological polar surface area (TPSA) is 87.1 Å². The Bertz CT molecular complexity index is 1350. The number of hydrogen-bond donors (Lipinski definition) is 1. The molecule has 8 nitrogen and oxygen atoms in total. The van der Waals surface area contributed by atoms with E-state index >= 15 is 0 Å². The van der Waals surface area contributed by atoms with Crippen LogP contribution in [0.2, 0.25) is 0 Å². The second-order valence-corrected chi connectivity index (χ2v) is 11.3. The van der Waals surface area contributed by atoms with Crippen LogP contribution in [0.1, 0.15) is 26.5 Å². The first-order valence-corrected chi connectivity index (χ1v) is 13.8. The number of Topliss-reactive ketones (excluding diaryl/α,β-unsaturated/α-hetero) is 1. The van der Waals surface area contributed by atoms with Gasteiger partial charge in [0.25, 0.3) is 0 Å². The summed E-state index contributed by atoms with van der Waals surface area (Å²) in [5, 5.41) is 4.67. The van der Waals surface area contributed by atoms with E-state index in [1.807, 2.05) is 61.5 Å². The number of likely N-dealkylation sites (N-methyl/N-ethyl adjacent to an activating group) is 1. The zero-order chi connectivity index (χ0) is 25.8. The predicted molar refractivity (Wildman–Crippen MR) is 149 cm³/mol. The second-order valence-electron chi connectivity index (χ2n) is 9.03. The number of nitrogens with one attached hydrogen (secondary N) is 1. The van der Waals surface area contributed by atoms with Crippen LogP contribution in [0.3, 0.4) is 0 Å². The molecule has 37 heavy (non-hydrogen) atoms. The van der Waals surface area contributed by atoms with Crippen molar-refractivity contribution in [3.05, 3.63) is 76.3 Å². The lowest BCUT2D eigenvalue weighted by atomic mass is 10.0. The van der Waals surface area contributed by atoms with Crippen LogP contribution in [-0.4, -0.2) is 63.8 Å². The molecule has 1 aliphatic rings. The number of benzene rings is 2. The number of carbonyl (C=O) groups excluding carboxylic acids is 1. The van der Waals surface area contributed by atoms with Gasteiger partial charge in [-0.15, -0.1) is 11.3 Å². The smallest absolute Gasteiger partial charge is 0.234 e. The van der Waals surface area contributed by atoms with Gasteiger partial charge < -0.3 is 9.80 Å². The molecule has 10 heteroatoms. The SMILES string of the molecule is Cc1nc(Nc2nc(Sc3ccc(CC(=O)c4ccccc4)cc3)nc(N3CCN(C)CC3)n2)sc1C. The molecule has 2 aromatic heterocycles. The zero-order valence-electron chi connectivity index (χ0n) is 21.1. The number of anilines is 3. The van der Waals surface area contributed by atoms with E-state index in [1.54, 1.807) is 11.3 Å². The quantitative estimate of drug-likeness (QED) is 0.315. The molecule has 0 unspecified atom stereocenters. The first kappa shape index (κ1) is 25.3. The molecule has 1 fully saturated rings. The summed E-state index contributed by atoms with van der Waals surface area (Å²) in [4.78, 5) is 38.0. The number of rotatable bonds is 8. The summed E-state index contributed by atoms with van der Waals surface area (Å²) in [6.07, 6.45) is 0.370. The van der Waals surface area contributed by atoms with Crippen LogP contribution in [0.25, 0.3) is 0 Å². The normalized spacial score (nSPS) is 14.1. The lowest BCUT2D eigenvalue weighted by molar-refractivity contribution is 0.0993. The van der Waals surface area contributed by atoms with Gasteiger partial charge in [-0.3, -0.25) is 10.1 Å². The van der Waals surface area contributed by atoms with E-state index in [2.05, 4.69) is 39.1 Å². The standard InChI is InChI=1S/C27H29N7OS2/c1-18-19(2)36-26(28-18)30-24-29-25(34-15-13-33(3)14-16-34)32-27(31-24)37-22-11-9-20(10-12-22)17-23(35)21-7-5-4-6-8-21/h4-12H,13-17H2,1-3H3,(H,28,29,30,31,32). The van der Waals surface area contributed by atoms with Gasteiger partial charge in [-0.2, -0.15) is 15.0 Å². The highest BCUT2D eigenvalue weighted by Gasteiger charge is 2.19. The van der Waals surface area contributed by atoms with Gasteiger partial charge in [-0.25, -0.2) is 4.98 Å². The first-order chi connectivity index (χ1) is 17.9.